The van der Waals surface area contributed by atoms with E-state index in [0.29, 0.717) is 0 Å². The van der Waals surface area contributed by atoms with E-state index in [2.05, 4.69) is 6.92 Å². The van der Waals surface area contributed by atoms with Crippen LogP contribution in [0.5, 0.6) is 11.5 Å². The Kier molecular flexibility index (Phi) is 3.81. The molecule has 0 atom stereocenters. The molecule has 1 aromatic rings. The first-order valence-corrected chi connectivity index (χ1v) is 5.89. The molecular formula is C14H16O3. The monoisotopic (exact) mass is 232 g/mol. The first-order chi connectivity index (χ1) is 8.33. The molecule has 1 aliphatic rings. The van der Waals surface area contributed by atoms with E-state index in [1.54, 1.807) is 0 Å². The first-order valence-electron chi connectivity index (χ1n) is 5.89. The topological polar surface area (TPSA) is 35.5 Å². The molecule has 3 nitrogen and oxygen atoms in total. The van der Waals surface area contributed by atoms with E-state index >= 15 is 0 Å². The SMILES string of the molecule is CCCC/C(C=O)=C/c1ccc2c(c1)OCO2. The van der Waals surface area contributed by atoms with Gasteiger partial charge in [0.2, 0.25) is 6.79 Å². The Morgan fingerprint density at radius 2 is 2.18 bits per heavy atom. The lowest BCUT2D eigenvalue weighted by atomic mass is 10.1. The minimum absolute atomic E-state index is 0.277. The zero-order valence-corrected chi connectivity index (χ0v) is 9.94. The maximum Gasteiger partial charge on any atom is 0.231 e. The van der Waals surface area contributed by atoms with Gasteiger partial charge in [0.05, 0.1) is 0 Å². The van der Waals surface area contributed by atoms with Crippen LogP contribution in [0.2, 0.25) is 0 Å². The fraction of sp³-hybridized carbons (Fsp3) is 0.357. The van der Waals surface area contributed by atoms with Gasteiger partial charge >= 0.3 is 0 Å². The minimum atomic E-state index is 0.277. The summed E-state index contributed by atoms with van der Waals surface area (Å²) in [7, 11) is 0. The number of hydrogen-bond donors (Lipinski definition) is 0. The second-order valence-corrected chi connectivity index (χ2v) is 4.05. The Morgan fingerprint density at radius 1 is 1.35 bits per heavy atom. The molecule has 0 radical (unpaired) electrons. The molecule has 1 heterocycles. The van der Waals surface area contributed by atoms with Crippen LogP contribution >= 0.6 is 0 Å². The van der Waals surface area contributed by atoms with Gasteiger partial charge in [0.15, 0.2) is 11.5 Å². The summed E-state index contributed by atoms with van der Waals surface area (Å²) in [4.78, 5) is 10.9. The van der Waals surface area contributed by atoms with Gasteiger partial charge in [-0.15, -0.1) is 0 Å². The van der Waals surface area contributed by atoms with Crippen LogP contribution in [0.1, 0.15) is 31.7 Å². The molecule has 2 rings (SSSR count). The number of rotatable bonds is 5. The fourth-order valence-electron chi connectivity index (χ4n) is 1.76. The van der Waals surface area contributed by atoms with Gasteiger partial charge in [-0.25, -0.2) is 0 Å². The third kappa shape index (κ3) is 2.87. The highest BCUT2D eigenvalue weighted by Crippen LogP contribution is 2.33. The number of benzene rings is 1. The lowest BCUT2D eigenvalue weighted by molar-refractivity contribution is -0.105. The van der Waals surface area contributed by atoms with Crippen molar-refractivity contribution in [1.29, 1.82) is 0 Å². The Bertz CT molecular complexity index is 435. The maximum absolute atomic E-state index is 10.9. The first kappa shape index (κ1) is 11.7. The summed E-state index contributed by atoms with van der Waals surface area (Å²) in [5.41, 5.74) is 1.80. The Labute approximate surface area is 101 Å². The van der Waals surface area contributed by atoms with Gasteiger partial charge in [0.1, 0.15) is 6.29 Å². The summed E-state index contributed by atoms with van der Waals surface area (Å²) in [5, 5.41) is 0. The van der Waals surface area contributed by atoms with Gasteiger partial charge in [-0.05, 0) is 42.2 Å². The van der Waals surface area contributed by atoms with E-state index < -0.39 is 0 Å². The minimum Gasteiger partial charge on any atom is -0.454 e. The molecule has 0 saturated carbocycles. The van der Waals surface area contributed by atoms with Crippen molar-refractivity contribution in [3.63, 3.8) is 0 Å². The predicted octanol–water partition coefficient (Wildman–Crippen LogP) is 3.19. The second-order valence-electron chi connectivity index (χ2n) is 4.05. The number of carbonyl (C=O) groups is 1. The Balaban J connectivity index is 2.16. The lowest BCUT2D eigenvalue weighted by Crippen LogP contribution is -1.92. The summed E-state index contributed by atoms with van der Waals surface area (Å²) in [5.74, 6) is 1.52. The third-order valence-corrected chi connectivity index (χ3v) is 2.72. The average molecular weight is 232 g/mol. The van der Waals surface area contributed by atoms with Gasteiger partial charge in [0.25, 0.3) is 0 Å². The molecule has 0 bridgehead atoms. The van der Waals surface area contributed by atoms with E-state index in [4.69, 9.17) is 9.47 Å². The van der Waals surface area contributed by atoms with Crippen LogP contribution in [0.4, 0.5) is 0 Å². The van der Waals surface area contributed by atoms with E-state index in [1.165, 1.54) is 0 Å². The molecule has 0 saturated heterocycles. The number of unbranched alkanes of at least 4 members (excludes halogenated alkanes) is 1. The highest BCUT2D eigenvalue weighted by Gasteiger charge is 2.12. The van der Waals surface area contributed by atoms with Gasteiger partial charge in [0, 0.05) is 0 Å². The van der Waals surface area contributed by atoms with Crippen molar-refractivity contribution in [2.45, 2.75) is 26.2 Å². The molecule has 0 spiro atoms. The smallest absolute Gasteiger partial charge is 0.231 e. The van der Waals surface area contributed by atoms with Crippen molar-refractivity contribution < 1.29 is 14.3 Å². The Morgan fingerprint density at radius 3 is 2.94 bits per heavy atom. The standard InChI is InChI=1S/C14H16O3/c1-2-3-4-12(9-15)7-11-5-6-13-14(8-11)17-10-16-13/h5-9H,2-4,10H2,1H3/b12-7-. The van der Waals surface area contributed by atoms with Crippen LogP contribution in [0.15, 0.2) is 23.8 Å². The van der Waals surface area contributed by atoms with Gasteiger partial charge < -0.3 is 9.47 Å². The molecular weight excluding hydrogens is 216 g/mol. The number of fused-ring (bicyclic) bond motifs is 1. The Hall–Kier alpha value is -1.77. The molecule has 1 aromatic carbocycles. The van der Waals surface area contributed by atoms with Gasteiger partial charge in [-0.1, -0.05) is 19.4 Å². The summed E-state index contributed by atoms with van der Waals surface area (Å²) < 4.78 is 10.5. The molecule has 0 aromatic heterocycles. The van der Waals surface area contributed by atoms with Gasteiger partial charge in [-0.2, -0.15) is 0 Å². The number of carbonyl (C=O) groups excluding carboxylic acids is 1. The third-order valence-electron chi connectivity index (χ3n) is 2.72. The van der Waals surface area contributed by atoms with Crippen LogP contribution in [0.25, 0.3) is 6.08 Å². The molecule has 0 fully saturated rings. The molecule has 0 amide bonds. The summed E-state index contributed by atoms with van der Waals surface area (Å²) in [6.45, 7) is 2.39. The highest BCUT2D eigenvalue weighted by atomic mass is 16.7. The predicted molar refractivity (Wildman–Crippen MR) is 66.1 cm³/mol. The van der Waals surface area contributed by atoms with Crippen molar-refractivity contribution >= 4 is 12.4 Å². The van der Waals surface area contributed by atoms with Crippen molar-refractivity contribution in [3.8, 4) is 11.5 Å². The normalized spacial score (nSPS) is 13.8. The zero-order valence-electron chi connectivity index (χ0n) is 9.94. The molecule has 1 aliphatic heterocycles. The zero-order chi connectivity index (χ0) is 12.1. The largest absolute Gasteiger partial charge is 0.454 e. The quantitative estimate of drug-likeness (QED) is 0.577. The maximum atomic E-state index is 10.9. The van der Waals surface area contributed by atoms with E-state index in [-0.39, 0.29) is 6.79 Å². The van der Waals surface area contributed by atoms with Gasteiger partial charge in [-0.3, -0.25) is 4.79 Å². The number of aldehydes is 1. The van der Waals surface area contributed by atoms with Crippen LogP contribution in [0.3, 0.4) is 0 Å². The van der Waals surface area contributed by atoms with Crippen LogP contribution in [0, 0.1) is 0 Å². The van der Waals surface area contributed by atoms with Crippen molar-refractivity contribution in [3.05, 3.63) is 29.3 Å². The van der Waals surface area contributed by atoms with Crippen molar-refractivity contribution in [1.82, 2.24) is 0 Å². The fourth-order valence-corrected chi connectivity index (χ4v) is 1.76. The van der Waals surface area contributed by atoms with E-state index in [0.717, 1.165) is 48.2 Å². The molecule has 0 N–H and O–H groups in total. The van der Waals surface area contributed by atoms with Crippen LogP contribution in [-0.2, 0) is 4.79 Å². The molecule has 17 heavy (non-hydrogen) atoms. The van der Waals surface area contributed by atoms with Crippen molar-refractivity contribution in [2.24, 2.45) is 0 Å². The molecule has 0 aliphatic carbocycles. The number of allylic oxidation sites excluding steroid dienone is 1. The second kappa shape index (κ2) is 5.53. The number of ether oxygens (including phenoxy) is 2. The summed E-state index contributed by atoms with van der Waals surface area (Å²) in [6.07, 6.45) is 5.79. The van der Waals surface area contributed by atoms with Crippen LogP contribution in [-0.4, -0.2) is 13.1 Å². The van der Waals surface area contributed by atoms with E-state index in [1.807, 2.05) is 24.3 Å². The highest BCUT2D eigenvalue weighted by molar-refractivity contribution is 5.81. The van der Waals surface area contributed by atoms with E-state index in [9.17, 15) is 4.79 Å². The van der Waals surface area contributed by atoms with Crippen LogP contribution < -0.4 is 9.47 Å². The molecule has 90 valence electrons. The molecule has 0 unspecified atom stereocenters. The molecule has 3 heteroatoms. The lowest BCUT2D eigenvalue weighted by Gasteiger charge is -2.01. The summed E-state index contributed by atoms with van der Waals surface area (Å²) in [6, 6.07) is 5.71. The van der Waals surface area contributed by atoms with Crippen molar-refractivity contribution in [2.75, 3.05) is 6.79 Å². The summed E-state index contributed by atoms with van der Waals surface area (Å²) >= 11 is 0. The average Bonchev–Trinajstić information content (AvgIpc) is 2.81. The number of hydrogen-bond acceptors (Lipinski definition) is 3.